The fourth-order valence-electron chi connectivity index (χ4n) is 2.73. The molecule has 0 aliphatic carbocycles. The fourth-order valence-corrected chi connectivity index (χ4v) is 5.00. The van der Waals surface area contributed by atoms with E-state index in [-0.39, 0.29) is 24.1 Å². The van der Waals surface area contributed by atoms with Gasteiger partial charge in [0.25, 0.3) is 5.22 Å². The topological polar surface area (TPSA) is 120 Å². The van der Waals surface area contributed by atoms with Gasteiger partial charge in [-0.15, -0.1) is 32.9 Å². The summed E-state index contributed by atoms with van der Waals surface area (Å²) in [6.07, 6.45) is 1.38. The number of thiazole rings is 2. The van der Waals surface area contributed by atoms with Gasteiger partial charge < -0.3 is 14.5 Å². The fraction of sp³-hybridized carbons (Fsp3) is 0.300. The minimum atomic E-state index is -0.346. The number of carbonyl (C=O) groups is 2. The second-order valence-electron chi connectivity index (χ2n) is 6.50. The lowest BCUT2D eigenvalue weighted by atomic mass is 10.3. The molecule has 4 rings (SSSR count). The normalized spacial score (nSPS) is 11.0. The van der Waals surface area contributed by atoms with Gasteiger partial charge >= 0.3 is 5.97 Å². The van der Waals surface area contributed by atoms with Gasteiger partial charge in [0.2, 0.25) is 11.8 Å². The van der Waals surface area contributed by atoms with E-state index in [0.29, 0.717) is 41.4 Å². The van der Waals surface area contributed by atoms with Crippen LogP contribution in [0.5, 0.6) is 0 Å². The molecule has 0 aliphatic rings. The van der Waals surface area contributed by atoms with Crippen molar-refractivity contribution in [3.63, 3.8) is 0 Å². The second kappa shape index (κ2) is 10.7. The minimum absolute atomic E-state index is 0.0801. The number of carbonyl (C=O) groups excluding carboxylic acids is 2. The van der Waals surface area contributed by atoms with E-state index in [0.717, 1.165) is 27.0 Å². The monoisotopic (exact) mass is 489 g/mol. The van der Waals surface area contributed by atoms with Crippen molar-refractivity contribution in [2.45, 2.75) is 31.4 Å². The largest absolute Gasteiger partial charge is 0.466 e. The van der Waals surface area contributed by atoms with Crippen molar-refractivity contribution in [3.05, 3.63) is 46.2 Å². The van der Waals surface area contributed by atoms with Crippen LogP contribution >= 0.6 is 34.4 Å². The van der Waals surface area contributed by atoms with Crippen LogP contribution in [0.1, 0.15) is 23.5 Å². The number of hydrogen-bond donors (Lipinski definition) is 1. The maximum absolute atomic E-state index is 12.2. The standard InChI is InChI=1S/C20H19N5O4S3/c1-2-28-18(27)9-12-10-30-19(21-12)23-15(26)11-31-20-25-24-16(29-20)7-8-17-22-13-5-3-4-6-14(13)32-17/h3-6,10H,2,7-9,11H2,1H3,(H,21,23,26). The number of thioether (sulfide) groups is 1. The zero-order valence-corrected chi connectivity index (χ0v) is 19.5. The Morgan fingerprint density at radius 3 is 2.91 bits per heavy atom. The minimum Gasteiger partial charge on any atom is -0.466 e. The van der Waals surface area contributed by atoms with E-state index < -0.39 is 0 Å². The molecule has 0 saturated heterocycles. The third-order valence-corrected chi connectivity index (χ3v) is 6.82. The molecule has 9 nitrogen and oxygen atoms in total. The number of benzene rings is 1. The highest BCUT2D eigenvalue weighted by Gasteiger charge is 2.13. The molecule has 0 bridgehead atoms. The molecule has 4 aromatic rings. The SMILES string of the molecule is CCOC(=O)Cc1csc(NC(=O)CSc2nnc(CCc3nc4ccccc4s3)o2)n1. The first-order valence-corrected chi connectivity index (χ1v) is 12.5. The average molecular weight is 490 g/mol. The Kier molecular flexibility index (Phi) is 7.45. The van der Waals surface area contributed by atoms with E-state index >= 15 is 0 Å². The Bertz CT molecular complexity index is 1190. The molecular formula is C20H19N5O4S3. The van der Waals surface area contributed by atoms with Crippen LogP contribution in [0.3, 0.4) is 0 Å². The summed E-state index contributed by atoms with van der Waals surface area (Å²) in [5, 5.41) is 14.2. The molecule has 0 atom stereocenters. The summed E-state index contributed by atoms with van der Waals surface area (Å²) in [6, 6.07) is 8.02. The number of rotatable bonds is 10. The molecule has 1 amide bonds. The summed E-state index contributed by atoms with van der Waals surface area (Å²) in [5.74, 6) is 0.0188. The van der Waals surface area contributed by atoms with Gasteiger partial charge in [-0.3, -0.25) is 9.59 Å². The smallest absolute Gasteiger partial charge is 0.311 e. The third-order valence-electron chi connectivity index (χ3n) is 4.09. The number of esters is 1. The maximum Gasteiger partial charge on any atom is 0.311 e. The molecule has 0 unspecified atom stereocenters. The van der Waals surface area contributed by atoms with Gasteiger partial charge in [-0.1, -0.05) is 23.9 Å². The van der Waals surface area contributed by atoms with Gasteiger partial charge in [-0.25, -0.2) is 9.97 Å². The highest BCUT2D eigenvalue weighted by Crippen LogP contribution is 2.23. The van der Waals surface area contributed by atoms with Gasteiger partial charge in [0.15, 0.2) is 5.13 Å². The summed E-state index contributed by atoms with van der Waals surface area (Å²) in [7, 11) is 0. The first-order valence-electron chi connectivity index (χ1n) is 9.78. The van der Waals surface area contributed by atoms with E-state index in [2.05, 4.69) is 31.5 Å². The summed E-state index contributed by atoms with van der Waals surface area (Å²) in [6.45, 7) is 2.07. The van der Waals surface area contributed by atoms with Crippen molar-refractivity contribution < 1.29 is 18.7 Å². The number of nitrogens with zero attached hydrogens (tertiary/aromatic N) is 4. The Hall–Kier alpha value is -2.83. The van der Waals surface area contributed by atoms with E-state index in [9.17, 15) is 9.59 Å². The second-order valence-corrected chi connectivity index (χ2v) is 9.40. The Labute approximate surface area is 195 Å². The zero-order chi connectivity index (χ0) is 22.3. The number of aromatic nitrogens is 4. The maximum atomic E-state index is 12.2. The van der Waals surface area contributed by atoms with Crippen molar-refractivity contribution in [2.24, 2.45) is 0 Å². The third kappa shape index (κ3) is 6.11. The number of ether oxygens (including phenoxy) is 1. The molecule has 3 heterocycles. The molecule has 0 spiro atoms. The Morgan fingerprint density at radius 2 is 2.06 bits per heavy atom. The highest BCUT2D eigenvalue weighted by atomic mass is 32.2. The predicted molar refractivity (Wildman–Crippen MR) is 123 cm³/mol. The lowest BCUT2D eigenvalue weighted by Gasteiger charge is -2.00. The number of nitrogens with one attached hydrogen (secondary N) is 1. The molecule has 3 aromatic heterocycles. The zero-order valence-electron chi connectivity index (χ0n) is 17.1. The van der Waals surface area contributed by atoms with Crippen molar-refractivity contribution >= 4 is 61.7 Å². The summed E-state index contributed by atoms with van der Waals surface area (Å²) in [5.41, 5.74) is 1.56. The quantitative estimate of drug-likeness (QED) is 0.262. The van der Waals surface area contributed by atoms with Gasteiger partial charge in [0.1, 0.15) is 0 Å². The summed E-state index contributed by atoms with van der Waals surface area (Å²) < 4.78 is 11.7. The van der Waals surface area contributed by atoms with Crippen LogP contribution < -0.4 is 5.32 Å². The first-order chi connectivity index (χ1) is 15.6. The molecule has 1 N–H and O–H groups in total. The molecule has 0 fully saturated rings. The van der Waals surface area contributed by atoms with Crippen molar-refractivity contribution in [2.75, 3.05) is 17.7 Å². The van der Waals surface area contributed by atoms with Gasteiger partial charge in [-0.05, 0) is 19.1 Å². The van der Waals surface area contributed by atoms with Gasteiger partial charge in [0.05, 0.1) is 39.7 Å². The molecule has 32 heavy (non-hydrogen) atoms. The highest BCUT2D eigenvalue weighted by molar-refractivity contribution is 7.99. The van der Waals surface area contributed by atoms with E-state index in [1.165, 1.54) is 11.3 Å². The van der Waals surface area contributed by atoms with Gasteiger partial charge in [0, 0.05) is 18.2 Å². The van der Waals surface area contributed by atoms with Crippen LogP contribution in [0.2, 0.25) is 0 Å². The number of amides is 1. The summed E-state index contributed by atoms with van der Waals surface area (Å²) >= 11 is 4.06. The molecular weight excluding hydrogens is 470 g/mol. The average Bonchev–Trinajstić information content (AvgIpc) is 3.50. The van der Waals surface area contributed by atoms with Crippen LogP contribution in [0.15, 0.2) is 39.3 Å². The lowest BCUT2D eigenvalue weighted by molar-refractivity contribution is -0.142. The van der Waals surface area contributed by atoms with Crippen molar-refractivity contribution in [1.29, 1.82) is 0 Å². The number of para-hydroxylation sites is 1. The predicted octanol–water partition coefficient (Wildman–Crippen LogP) is 3.76. The van der Waals surface area contributed by atoms with Crippen LogP contribution in [0.25, 0.3) is 10.2 Å². The van der Waals surface area contributed by atoms with E-state index in [4.69, 9.17) is 9.15 Å². The van der Waals surface area contributed by atoms with Crippen molar-refractivity contribution in [3.8, 4) is 0 Å². The van der Waals surface area contributed by atoms with Crippen LogP contribution in [0.4, 0.5) is 5.13 Å². The summed E-state index contributed by atoms with van der Waals surface area (Å²) in [4.78, 5) is 32.5. The van der Waals surface area contributed by atoms with E-state index in [1.807, 2.05) is 18.2 Å². The van der Waals surface area contributed by atoms with Crippen molar-refractivity contribution in [1.82, 2.24) is 20.2 Å². The Balaban J connectivity index is 1.22. The molecule has 166 valence electrons. The molecule has 0 saturated carbocycles. The first kappa shape index (κ1) is 22.4. The van der Waals surface area contributed by atoms with Gasteiger partial charge in [-0.2, -0.15) is 0 Å². The Morgan fingerprint density at radius 1 is 1.19 bits per heavy atom. The molecule has 1 aromatic carbocycles. The number of aryl methyl sites for hydroxylation is 2. The number of hydrogen-bond acceptors (Lipinski definition) is 11. The van der Waals surface area contributed by atoms with Crippen LogP contribution in [0, 0.1) is 0 Å². The lowest BCUT2D eigenvalue weighted by Crippen LogP contribution is -2.14. The number of anilines is 1. The van der Waals surface area contributed by atoms with Crippen LogP contribution in [-0.4, -0.2) is 44.4 Å². The molecule has 0 aliphatic heterocycles. The molecule has 12 heteroatoms. The number of fused-ring (bicyclic) bond motifs is 1. The van der Waals surface area contributed by atoms with Crippen LogP contribution in [-0.2, 0) is 33.6 Å². The molecule has 0 radical (unpaired) electrons. The van der Waals surface area contributed by atoms with E-state index in [1.54, 1.807) is 23.6 Å².